The maximum atomic E-state index is 12.6. The van der Waals surface area contributed by atoms with Gasteiger partial charge >= 0.3 is 0 Å². The molecule has 0 saturated carbocycles. The van der Waals surface area contributed by atoms with Gasteiger partial charge in [-0.25, -0.2) is 9.37 Å². The van der Waals surface area contributed by atoms with E-state index in [0.29, 0.717) is 17.5 Å². The molecule has 0 aliphatic carbocycles. The summed E-state index contributed by atoms with van der Waals surface area (Å²) in [4.78, 5) is 3.84. The molecule has 0 aliphatic rings. The third-order valence-electron chi connectivity index (χ3n) is 2.02. The number of rotatable bonds is 3. The Morgan fingerprint density at radius 3 is 2.62 bits per heavy atom. The van der Waals surface area contributed by atoms with Gasteiger partial charge < -0.3 is 4.74 Å². The molecule has 0 radical (unpaired) electrons. The van der Waals surface area contributed by atoms with E-state index in [0.717, 1.165) is 5.56 Å². The minimum atomic E-state index is -0.254. The van der Waals surface area contributed by atoms with Gasteiger partial charge in [0.1, 0.15) is 23.3 Å². The van der Waals surface area contributed by atoms with E-state index in [9.17, 15) is 4.39 Å². The molecule has 0 spiro atoms. The predicted octanol–water partition coefficient (Wildman–Crippen LogP) is 3.45. The van der Waals surface area contributed by atoms with Crippen LogP contribution in [0.15, 0.2) is 42.6 Å². The van der Waals surface area contributed by atoms with Gasteiger partial charge in [-0.3, -0.25) is 0 Å². The fourth-order valence-electron chi connectivity index (χ4n) is 1.22. The number of aromatic nitrogens is 1. The van der Waals surface area contributed by atoms with Gasteiger partial charge in [0.15, 0.2) is 0 Å². The first-order chi connectivity index (χ1) is 7.74. The molecule has 82 valence electrons. The van der Waals surface area contributed by atoms with E-state index in [-0.39, 0.29) is 5.82 Å². The Morgan fingerprint density at radius 2 is 1.94 bits per heavy atom. The van der Waals surface area contributed by atoms with Gasteiger partial charge in [0.25, 0.3) is 0 Å². The van der Waals surface area contributed by atoms with Crippen molar-refractivity contribution >= 4 is 11.6 Å². The summed E-state index contributed by atoms with van der Waals surface area (Å²) >= 11 is 5.71. The Hall–Kier alpha value is -1.61. The molecular formula is C12H9ClFNO. The second-order valence-corrected chi connectivity index (χ2v) is 3.62. The molecule has 16 heavy (non-hydrogen) atoms. The highest BCUT2D eigenvalue weighted by Gasteiger charge is 1.98. The highest BCUT2D eigenvalue weighted by Crippen LogP contribution is 2.16. The van der Waals surface area contributed by atoms with Gasteiger partial charge in [-0.1, -0.05) is 23.7 Å². The molecule has 0 bridgehead atoms. The fourth-order valence-corrected chi connectivity index (χ4v) is 1.39. The summed E-state index contributed by atoms with van der Waals surface area (Å²) in [5, 5.41) is 0.386. The van der Waals surface area contributed by atoms with Gasteiger partial charge in [-0.2, -0.15) is 0 Å². The van der Waals surface area contributed by atoms with Crippen LogP contribution in [0.3, 0.4) is 0 Å². The van der Waals surface area contributed by atoms with Gasteiger partial charge in [-0.05, 0) is 23.8 Å². The lowest BCUT2D eigenvalue weighted by Crippen LogP contribution is -1.95. The average molecular weight is 238 g/mol. The first kappa shape index (κ1) is 10.9. The lowest BCUT2D eigenvalue weighted by molar-refractivity contribution is 0.306. The van der Waals surface area contributed by atoms with Crippen molar-refractivity contribution in [3.05, 3.63) is 59.1 Å². The number of benzene rings is 1. The molecule has 0 saturated heterocycles. The number of ether oxygens (including phenoxy) is 1. The van der Waals surface area contributed by atoms with Crippen molar-refractivity contribution in [3.8, 4) is 5.75 Å². The Morgan fingerprint density at radius 1 is 1.19 bits per heavy atom. The van der Waals surface area contributed by atoms with Crippen molar-refractivity contribution in [2.24, 2.45) is 0 Å². The largest absolute Gasteiger partial charge is 0.489 e. The van der Waals surface area contributed by atoms with Crippen LogP contribution in [0.2, 0.25) is 5.15 Å². The van der Waals surface area contributed by atoms with Crippen molar-refractivity contribution < 1.29 is 9.13 Å². The predicted molar refractivity (Wildman–Crippen MR) is 60.0 cm³/mol. The van der Waals surface area contributed by atoms with Crippen molar-refractivity contribution in [3.63, 3.8) is 0 Å². The Balaban J connectivity index is 1.99. The zero-order chi connectivity index (χ0) is 11.4. The molecule has 2 aromatic rings. The van der Waals surface area contributed by atoms with Crippen LogP contribution in [0.25, 0.3) is 0 Å². The molecule has 0 fully saturated rings. The number of nitrogens with zero attached hydrogens (tertiary/aromatic N) is 1. The Bertz CT molecular complexity index is 473. The minimum Gasteiger partial charge on any atom is -0.489 e. The summed E-state index contributed by atoms with van der Waals surface area (Å²) in [6, 6.07) is 9.51. The van der Waals surface area contributed by atoms with Gasteiger partial charge in [-0.15, -0.1) is 0 Å². The fraction of sp³-hybridized carbons (Fsp3) is 0.0833. The van der Waals surface area contributed by atoms with Gasteiger partial charge in [0.2, 0.25) is 0 Å². The molecule has 2 nitrogen and oxygen atoms in total. The highest BCUT2D eigenvalue weighted by atomic mass is 35.5. The van der Waals surface area contributed by atoms with Crippen molar-refractivity contribution in [1.82, 2.24) is 4.98 Å². The molecule has 0 N–H and O–H groups in total. The van der Waals surface area contributed by atoms with Gasteiger partial charge in [0.05, 0.1) is 0 Å². The van der Waals surface area contributed by atoms with Crippen molar-refractivity contribution in [1.29, 1.82) is 0 Å². The first-order valence-electron chi connectivity index (χ1n) is 4.73. The summed E-state index contributed by atoms with van der Waals surface area (Å²) in [7, 11) is 0. The van der Waals surface area contributed by atoms with Crippen molar-refractivity contribution in [2.45, 2.75) is 6.61 Å². The SMILES string of the molecule is Fc1ccc(COc2ccnc(Cl)c2)cc1. The monoisotopic (exact) mass is 237 g/mol. The second kappa shape index (κ2) is 4.94. The van der Waals surface area contributed by atoms with E-state index in [4.69, 9.17) is 16.3 Å². The molecule has 1 heterocycles. The van der Waals surface area contributed by atoms with Crippen LogP contribution in [0.5, 0.6) is 5.75 Å². The number of pyridine rings is 1. The van der Waals surface area contributed by atoms with Crippen LogP contribution in [0.4, 0.5) is 4.39 Å². The first-order valence-corrected chi connectivity index (χ1v) is 5.10. The van der Waals surface area contributed by atoms with E-state index in [2.05, 4.69) is 4.98 Å². The zero-order valence-electron chi connectivity index (χ0n) is 8.36. The summed E-state index contributed by atoms with van der Waals surface area (Å²) in [5.74, 6) is 0.389. The minimum absolute atomic E-state index is 0.254. The van der Waals surface area contributed by atoms with Crippen LogP contribution in [0, 0.1) is 5.82 Å². The zero-order valence-corrected chi connectivity index (χ0v) is 9.12. The lowest BCUT2D eigenvalue weighted by Gasteiger charge is -2.05. The third-order valence-corrected chi connectivity index (χ3v) is 2.22. The summed E-state index contributed by atoms with van der Waals surface area (Å²) in [6.45, 7) is 0.376. The molecule has 2 rings (SSSR count). The lowest BCUT2D eigenvalue weighted by atomic mass is 10.2. The second-order valence-electron chi connectivity index (χ2n) is 3.23. The van der Waals surface area contributed by atoms with Gasteiger partial charge in [0, 0.05) is 12.3 Å². The maximum absolute atomic E-state index is 12.6. The summed E-state index contributed by atoms with van der Waals surface area (Å²) in [6.07, 6.45) is 1.57. The van der Waals surface area contributed by atoms with Crippen LogP contribution in [0.1, 0.15) is 5.56 Å². The molecule has 0 unspecified atom stereocenters. The van der Waals surface area contributed by atoms with E-state index < -0.39 is 0 Å². The molecule has 0 aliphatic heterocycles. The topological polar surface area (TPSA) is 22.1 Å². The number of hydrogen-bond acceptors (Lipinski definition) is 2. The Labute approximate surface area is 97.7 Å². The molecule has 0 amide bonds. The number of halogens is 2. The van der Waals surface area contributed by atoms with E-state index in [1.807, 2.05) is 0 Å². The standard InChI is InChI=1S/C12H9ClFNO/c13-12-7-11(5-6-15-12)16-8-9-1-3-10(14)4-2-9/h1-7H,8H2. The smallest absolute Gasteiger partial charge is 0.132 e. The molecule has 1 aromatic heterocycles. The average Bonchev–Trinajstić information content (AvgIpc) is 2.28. The molecule has 0 atom stereocenters. The van der Waals surface area contributed by atoms with Crippen LogP contribution >= 0.6 is 11.6 Å². The highest BCUT2D eigenvalue weighted by molar-refractivity contribution is 6.29. The quantitative estimate of drug-likeness (QED) is 0.763. The Kier molecular flexibility index (Phi) is 3.37. The maximum Gasteiger partial charge on any atom is 0.132 e. The number of hydrogen-bond donors (Lipinski definition) is 0. The van der Waals surface area contributed by atoms with Crippen LogP contribution in [-0.2, 0) is 6.61 Å². The normalized spacial score (nSPS) is 10.1. The van der Waals surface area contributed by atoms with E-state index >= 15 is 0 Å². The molecular weight excluding hydrogens is 229 g/mol. The molecule has 4 heteroatoms. The molecule has 1 aromatic carbocycles. The van der Waals surface area contributed by atoms with E-state index in [1.54, 1.807) is 30.5 Å². The van der Waals surface area contributed by atoms with E-state index in [1.165, 1.54) is 12.1 Å². The third kappa shape index (κ3) is 2.94. The van der Waals surface area contributed by atoms with Crippen LogP contribution in [-0.4, -0.2) is 4.98 Å². The summed E-state index contributed by atoms with van der Waals surface area (Å²) < 4.78 is 18.1. The van der Waals surface area contributed by atoms with Crippen LogP contribution < -0.4 is 4.74 Å². The van der Waals surface area contributed by atoms with Crippen molar-refractivity contribution in [2.75, 3.05) is 0 Å². The summed E-state index contributed by atoms with van der Waals surface area (Å²) in [5.41, 5.74) is 0.898.